The second-order valence-corrected chi connectivity index (χ2v) is 3.44. The van der Waals surface area contributed by atoms with Gasteiger partial charge in [-0.15, -0.1) is 0 Å². The van der Waals surface area contributed by atoms with E-state index in [0.29, 0.717) is 12.4 Å². The number of rotatable bonds is 4. The molecule has 0 unspecified atom stereocenters. The molecule has 0 spiro atoms. The van der Waals surface area contributed by atoms with Gasteiger partial charge in [-0.25, -0.2) is 9.37 Å². The van der Waals surface area contributed by atoms with Crippen LogP contribution in [0.5, 0.6) is 5.75 Å². The van der Waals surface area contributed by atoms with Crippen molar-refractivity contribution in [3.63, 3.8) is 0 Å². The van der Waals surface area contributed by atoms with E-state index in [1.807, 2.05) is 17.7 Å². The average Bonchev–Trinajstić information content (AvgIpc) is 2.76. The molecule has 0 aliphatic heterocycles. The molecule has 0 atom stereocenters. The minimum atomic E-state index is -0.261. The van der Waals surface area contributed by atoms with Crippen molar-refractivity contribution in [3.8, 4) is 5.75 Å². The number of aromatic nitrogens is 2. The van der Waals surface area contributed by atoms with Crippen LogP contribution in [0.25, 0.3) is 0 Å². The number of hydrogen-bond acceptors (Lipinski definition) is 2. The van der Waals surface area contributed by atoms with E-state index in [1.165, 1.54) is 12.1 Å². The Hall–Kier alpha value is -1.84. The van der Waals surface area contributed by atoms with Crippen LogP contribution in [0.2, 0.25) is 0 Å². The third-order valence-electron chi connectivity index (χ3n) is 2.25. The highest BCUT2D eigenvalue weighted by atomic mass is 19.1. The van der Waals surface area contributed by atoms with Crippen LogP contribution in [0.3, 0.4) is 0 Å². The van der Waals surface area contributed by atoms with Crippen LogP contribution in [-0.2, 0) is 13.2 Å². The zero-order chi connectivity index (χ0) is 11.4. The summed E-state index contributed by atoms with van der Waals surface area (Å²) < 4.78 is 20.1. The Morgan fingerprint density at radius 2 is 2.06 bits per heavy atom. The van der Waals surface area contributed by atoms with Crippen LogP contribution in [-0.4, -0.2) is 9.55 Å². The van der Waals surface area contributed by atoms with E-state index in [9.17, 15) is 4.39 Å². The van der Waals surface area contributed by atoms with Crippen molar-refractivity contribution in [2.75, 3.05) is 0 Å². The van der Waals surface area contributed by atoms with E-state index in [1.54, 1.807) is 18.5 Å². The highest BCUT2D eigenvalue weighted by Gasteiger charge is 1.99. The molecule has 0 saturated carbocycles. The third-order valence-corrected chi connectivity index (χ3v) is 2.25. The lowest BCUT2D eigenvalue weighted by atomic mass is 10.3. The summed E-state index contributed by atoms with van der Waals surface area (Å²) in [5.74, 6) is 0.384. The maximum absolute atomic E-state index is 12.6. The molecular weight excluding hydrogens is 207 g/mol. The molecular formula is C12H13FN2O. The van der Waals surface area contributed by atoms with Crippen molar-refractivity contribution in [2.24, 2.45) is 0 Å². The second-order valence-electron chi connectivity index (χ2n) is 3.44. The molecule has 16 heavy (non-hydrogen) atoms. The first kappa shape index (κ1) is 10.7. The van der Waals surface area contributed by atoms with Crippen LogP contribution in [0.15, 0.2) is 36.8 Å². The Labute approximate surface area is 93.5 Å². The first-order valence-corrected chi connectivity index (χ1v) is 5.17. The minimum Gasteiger partial charge on any atom is -0.487 e. The molecule has 0 bridgehead atoms. The van der Waals surface area contributed by atoms with Crippen LogP contribution < -0.4 is 4.74 Å². The van der Waals surface area contributed by atoms with Crippen molar-refractivity contribution in [1.82, 2.24) is 9.55 Å². The number of nitrogens with zero attached hydrogens (tertiary/aromatic N) is 2. The number of ether oxygens (including phenoxy) is 1. The maximum atomic E-state index is 12.6. The van der Waals surface area contributed by atoms with Gasteiger partial charge in [0.15, 0.2) is 0 Å². The zero-order valence-electron chi connectivity index (χ0n) is 9.06. The number of benzene rings is 1. The van der Waals surface area contributed by atoms with Crippen molar-refractivity contribution in [1.29, 1.82) is 0 Å². The Kier molecular flexibility index (Phi) is 3.19. The predicted molar refractivity (Wildman–Crippen MR) is 58.6 cm³/mol. The average molecular weight is 220 g/mol. The normalized spacial score (nSPS) is 10.4. The highest BCUT2D eigenvalue weighted by molar-refractivity contribution is 5.22. The molecule has 2 aromatic rings. The summed E-state index contributed by atoms with van der Waals surface area (Å²) in [7, 11) is 0. The van der Waals surface area contributed by atoms with Crippen LogP contribution >= 0.6 is 0 Å². The summed E-state index contributed by atoms with van der Waals surface area (Å²) >= 11 is 0. The van der Waals surface area contributed by atoms with Gasteiger partial charge in [-0.05, 0) is 31.2 Å². The summed E-state index contributed by atoms with van der Waals surface area (Å²) in [5, 5.41) is 0. The summed E-state index contributed by atoms with van der Waals surface area (Å²) in [6.07, 6.45) is 3.70. The molecule has 4 heteroatoms. The van der Waals surface area contributed by atoms with Gasteiger partial charge in [-0.3, -0.25) is 0 Å². The van der Waals surface area contributed by atoms with Crippen molar-refractivity contribution < 1.29 is 9.13 Å². The number of halogens is 1. The molecule has 1 aromatic carbocycles. The van der Waals surface area contributed by atoms with E-state index in [0.717, 1.165) is 12.2 Å². The summed E-state index contributed by atoms with van der Waals surface area (Å²) in [6.45, 7) is 3.34. The maximum Gasteiger partial charge on any atom is 0.132 e. The SMILES string of the molecule is CCn1cnc(COc2ccc(F)cc2)c1. The number of aryl methyl sites for hydroxylation is 1. The Morgan fingerprint density at radius 1 is 1.31 bits per heavy atom. The first-order chi connectivity index (χ1) is 7.78. The molecule has 0 fully saturated rings. The van der Waals surface area contributed by atoms with Crippen molar-refractivity contribution in [2.45, 2.75) is 20.1 Å². The van der Waals surface area contributed by atoms with Gasteiger partial charge in [-0.1, -0.05) is 0 Å². The van der Waals surface area contributed by atoms with E-state index in [2.05, 4.69) is 4.98 Å². The molecule has 84 valence electrons. The molecule has 2 rings (SSSR count). The molecule has 0 saturated heterocycles. The van der Waals surface area contributed by atoms with Gasteiger partial charge in [0.05, 0.1) is 12.0 Å². The minimum absolute atomic E-state index is 0.261. The van der Waals surface area contributed by atoms with E-state index < -0.39 is 0 Å². The summed E-state index contributed by atoms with van der Waals surface area (Å²) in [5.41, 5.74) is 0.867. The monoisotopic (exact) mass is 220 g/mol. The van der Waals surface area contributed by atoms with Gasteiger partial charge in [0.25, 0.3) is 0 Å². The molecule has 1 aromatic heterocycles. The molecule has 0 aliphatic carbocycles. The Morgan fingerprint density at radius 3 is 2.69 bits per heavy atom. The Balaban J connectivity index is 1.94. The van der Waals surface area contributed by atoms with Gasteiger partial charge < -0.3 is 9.30 Å². The number of hydrogen-bond donors (Lipinski definition) is 0. The van der Waals surface area contributed by atoms with Crippen LogP contribution in [0.4, 0.5) is 4.39 Å². The van der Waals surface area contributed by atoms with Crippen LogP contribution in [0.1, 0.15) is 12.6 Å². The van der Waals surface area contributed by atoms with Gasteiger partial charge in [-0.2, -0.15) is 0 Å². The molecule has 0 amide bonds. The van der Waals surface area contributed by atoms with Crippen molar-refractivity contribution in [3.05, 3.63) is 48.3 Å². The topological polar surface area (TPSA) is 27.1 Å². The van der Waals surface area contributed by atoms with E-state index >= 15 is 0 Å². The van der Waals surface area contributed by atoms with Crippen molar-refractivity contribution >= 4 is 0 Å². The van der Waals surface area contributed by atoms with E-state index in [4.69, 9.17) is 4.74 Å². The fraction of sp³-hybridized carbons (Fsp3) is 0.250. The largest absolute Gasteiger partial charge is 0.487 e. The first-order valence-electron chi connectivity index (χ1n) is 5.17. The standard InChI is InChI=1S/C12H13FN2O/c1-2-15-7-11(14-9-15)8-16-12-5-3-10(13)4-6-12/h3-7,9H,2,8H2,1H3. The van der Waals surface area contributed by atoms with Gasteiger partial charge >= 0.3 is 0 Å². The molecule has 0 radical (unpaired) electrons. The lowest BCUT2D eigenvalue weighted by Crippen LogP contribution is -1.95. The molecule has 1 heterocycles. The van der Waals surface area contributed by atoms with Gasteiger partial charge in [0, 0.05) is 12.7 Å². The van der Waals surface area contributed by atoms with Crippen LogP contribution in [0, 0.1) is 5.82 Å². The molecule has 0 N–H and O–H groups in total. The highest BCUT2D eigenvalue weighted by Crippen LogP contribution is 2.12. The quantitative estimate of drug-likeness (QED) is 0.792. The smallest absolute Gasteiger partial charge is 0.132 e. The summed E-state index contributed by atoms with van der Waals surface area (Å²) in [6, 6.07) is 5.96. The second kappa shape index (κ2) is 4.79. The fourth-order valence-corrected chi connectivity index (χ4v) is 1.34. The lowest BCUT2D eigenvalue weighted by molar-refractivity contribution is 0.301. The molecule has 0 aliphatic rings. The fourth-order valence-electron chi connectivity index (χ4n) is 1.34. The van der Waals surface area contributed by atoms with E-state index in [-0.39, 0.29) is 5.82 Å². The molecule has 3 nitrogen and oxygen atoms in total. The summed E-state index contributed by atoms with van der Waals surface area (Å²) in [4.78, 5) is 4.18. The third kappa shape index (κ3) is 2.59. The van der Waals surface area contributed by atoms with Gasteiger partial charge in [0.1, 0.15) is 18.2 Å². The zero-order valence-corrected chi connectivity index (χ0v) is 9.06. The Bertz CT molecular complexity index is 450. The lowest BCUT2D eigenvalue weighted by Gasteiger charge is -2.03. The predicted octanol–water partition coefficient (Wildman–Crippen LogP) is 2.62. The number of imidazole rings is 1. The van der Waals surface area contributed by atoms with Gasteiger partial charge in [0.2, 0.25) is 0 Å².